The molecule has 2 rings (SSSR count). The lowest BCUT2D eigenvalue weighted by Crippen LogP contribution is -2.19. The van der Waals surface area contributed by atoms with Crippen molar-refractivity contribution in [3.8, 4) is 11.6 Å². The highest BCUT2D eigenvalue weighted by atomic mass is 35.5. The molecule has 0 spiro atoms. The third-order valence-corrected chi connectivity index (χ3v) is 3.13. The molecule has 0 bridgehead atoms. The minimum Gasteiger partial charge on any atom is -0.436 e. The topological polar surface area (TPSA) is 34.2 Å². The van der Waals surface area contributed by atoms with Gasteiger partial charge in [0.05, 0.1) is 5.02 Å². The number of aromatic nitrogens is 1. The predicted octanol–water partition coefficient (Wildman–Crippen LogP) is 4.41. The molecule has 0 aliphatic carbocycles. The van der Waals surface area contributed by atoms with Gasteiger partial charge in [-0.2, -0.15) is 0 Å². The second-order valence-corrected chi connectivity index (χ2v) is 5.55. The largest absolute Gasteiger partial charge is 0.436 e. The second-order valence-electron chi connectivity index (χ2n) is 5.15. The van der Waals surface area contributed by atoms with Crippen molar-refractivity contribution >= 4 is 11.6 Å². The van der Waals surface area contributed by atoms with E-state index in [1.807, 2.05) is 12.1 Å². The molecular weight excluding hydrogens is 291 g/mol. The van der Waals surface area contributed by atoms with Crippen LogP contribution in [0, 0.1) is 11.7 Å². The van der Waals surface area contributed by atoms with E-state index in [2.05, 4.69) is 24.1 Å². The van der Waals surface area contributed by atoms with Crippen LogP contribution in [0.3, 0.4) is 0 Å². The number of hydrogen-bond acceptors (Lipinski definition) is 3. The third kappa shape index (κ3) is 4.41. The second kappa shape index (κ2) is 7.38. The number of nitrogens with zero attached hydrogens (tertiary/aromatic N) is 1. The summed E-state index contributed by atoms with van der Waals surface area (Å²) in [5.74, 6) is 0.434. The van der Waals surface area contributed by atoms with Gasteiger partial charge < -0.3 is 10.1 Å². The van der Waals surface area contributed by atoms with Crippen LogP contribution in [0.1, 0.15) is 19.4 Å². The first kappa shape index (κ1) is 15.7. The van der Waals surface area contributed by atoms with E-state index in [0.717, 1.165) is 12.1 Å². The number of benzene rings is 1. The van der Waals surface area contributed by atoms with Gasteiger partial charge in [0.15, 0.2) is 11.6 Å². The van der Waals surface area contributed by atoms with Crippen LogP contribution in [-0.2, 0) is 6.54 Å². The highest BCUT2D eigenvalue weighted by Crippen LogP contribution is 2.29. The Balaban J connectivity index is 2.14. The van der Waals surface area contributed by atoms with E-state index in [0.29, 0.717) is 18.3 Å². The summed E-state index contributed by atoms with van der Waals surface area (Å²) in [5.41, 5.74) is 0.873. The Morgan fingerprint density at radius 3 is 2.86 bits per heavy atom. The van der Waals surface area contributed by atoms with Crippen LogP contribution in [0.2, 0.25) is 5.02 Å². The molecule has 0 saturated carbocycles. The van der Waals surface area contributed by atoms with Crippen molar-refractivity contribution < 1.29 is 9.13 Å². The first-order valence-electron chi connectivity index (χ1n) is 6.84. The lowest BCUT2D eigenvalue weighted by molar-refractivity contribution is 0.419. The van der Waals surface area contributed by atoms with Crippen molar-refractivity contribution in [3.63, 3.8) is 0 Å². The maximum Gasteiger partial charge on any atom is 0.223 e. The van der Waals surface area contributed by atoms with Crippen LogP contribution >= 0.6 is 11.6 Å². The van der Waals surface area contributed by atoms with E-state index in [4.69, 9.17) is 16.3 Å². The zero-order chi connectivity index (χ0) is 15.2. The smallest absolute Gasteiger partial charge is 0.223 e. The number of halogens is 2. The van der Waals surface area contributed by atoms with E-state index in [-0.39, 0.29) is 10.8 Å². The molecule has 1 heterocycles. The molecule has 0 unspecified atom stereocenters. The number of pyridine rings is 1. The zero-order valence-corrected chi connectivity index (χ0v) is 12.8. The number of hydrogen-bond donors (Lipinski definition) is 1. The lowest BCUT2D eigenvalue weighted by atomic mass is 10.2. The van der Waals surface area contributed by atoms with E-state index < -0.39 is 5.82 Å². The van der Waals surface area contributed by atoms with Gasteiger partial charge in [-0.3, -0.25) is 0 Å². The molecule has 1 aromatic carbocycles. The monoisotopic (exact) mass is 308 g/mol. The quantitative estimate of drug-likeness (QED) is 0.858. The fraction of sp³-hybridized carbons (Fsp3) is 0.312. The summed E-state index contributed by atoms with van der Waals surface area (Å²) in [6, 6.07) is 8.38. The predicted molar refractivity (Wildman–Crippen MR) is 82.3 cm³/mol. The van der Waals surface area contributed by atoms with Crippen LogP contribution in [0.4, 0.5) is 4.39 Å². The molecule has 0 atom stereocenters. The Bertz CT molecular complexity index is 605. The van der Waals surface area contributed by atoms with Crippen molar-refractivity contribution in [2.24, 2.45) is 5.92 Å². The van der Waals surface area contributed by atoms with Gasteiger partial charge in [-0.25, -0.2) is 9.37 Å². The van der Waals surface area contributed by atoms with Gasteiger partial charge in [-0.15, -0.1) is 0 Å². The minimum absolute atomic E-state index is 0.0305. The van der Waals surface area contributed by atoms with E-state index >= 15 is 0 Å². The SMILES string of the molecule is CC(C)CNCc1cccnc1Oc1cccc(Cl)c1F. The summed E-state index contributed by atoms with van der Waals surface area (Å²) in [6.45, 7) is 5.77. The molecule has 1 N–H and O–H groups in total. The Kier molecular flexibility index (Phi) is 5.53. The fourth-order valence-electron chi connectivity index (χ4n) is 1.81. The van der Waals surface area contributed by atoms with Gasteiger partial charge in [-0.05, 0) is 30.7 Å². The molecule has 3 nitrogen and oxygen atoms in total. The van der Waals surface area contributed by atoms with Crippen LogP contribution in [0.25, 0.3) is 0 Å². The normalized spacial score (nSPS) is 10.9. The summed E-state index contributed by atoms with van der Waals surface area (Å²) in [5, 5.41) is 3.34. The molecule has 0 radical (unpaired) electrons. The van der Waals surface area contributed by atoms with Gasteiger partial charge in [0, 0.05) is 18.3 Å². The summed E-state index contributed by atoms with van der Waals surface area (Å²) in [7, 11) is 0. The number of ether oxygens (including phenoxy) is 1. The zero-order valence-electron chi connectivity index (χ0n) is 12.1. The molecule has 1 aromatic heterocycles. The minimum atomic E-state index is -0.578. The van der Waals surface area contributed by atoms with Crippen molar-refractivity contribution in [2.45, 2.75) is 20.4 Å². The number of nitrogens with one attached hydrogen (secondary N) is 1. The van der Waals surface area contributed by atoms with Gasteiger partial charge in [-0.1, -0.05) is 37.6 Å². The van der Waals surface area contributed by atoms with Crippen LogP contribution in [-0.4, -0.2) is 11.5 Å². The average Bonchev–Trinajstić information content (AvgIpc) is 2.45. The van der Waals surface area contributed by atoms with Crippen LogP contribution in [0.15, 0.2) is 36.5 Å². The summed E-state index contributed by atoms with van der Waals surface area (Å²) in [6.07, 6.45) is 1.61. The first-order chi connectivity index (χ1) is 10.1. The number of rotatable bonds is 6. The molecule has 0 saturated heterocycles. The standard InChI is InChI=1S/C16H18ClFN2O/c1-11(2)9-19-10-12-5-4-8-20-16(12)21-14-7-3-6-13(17)15(14)18/h3-8,11,19H,9-10H2,1-2H3. The highest BCUT2D eigenvalue weighted by Gasteiger charge is 2.11. The Labute approximate surface area is 129 Å². The van der Waals surface area contributed by atoms with E-state index in [1.54, 1.807) is 12.3 Å². The maximum absolute atomic E-state index is 13.9. The highest BCUT2D eigenvalue weighted by molar-refractivity contribution is 6.30. The molecule has 0 aliphatic rings. The molecule has 5 heteroatoms. The fourth-order valence-corrected chi connectivity index (χ4v) is 1.98. The van der Waals surface area contributed by atoms with Gasteiger partial charge in [0.25, 0.3) is 0 Å². The van der Waals surface area contributed by atoms with E-state index in [1.165, 1.54) is 12.1 Å². The van der Waals surface area contributed by atoms with Crippen molar-refractivity contribution in [2.75, 3.05) is 6.54 Å². The first-order valence-corrected chi connectivity index (χ1v) is 7.22. The summed E-state index contributed by atoms with van der Waals surface area (Å²) < 4.78 is 19.4. The molecule has 21 heavy (non-hydrogen) atoms. The molecule has 0 amide bonds. The molecule has 2 aromatic rings. The Morgan fingerprint density at radius 2 is 2.10 bits per heavy atom. The molecule has 0 fully saturated rings. The van der Waals surface area contributed by atoms with Crippen molar-refractivity contribution in [1.29, 1.82) is 0 Å². The Morgan fingerprint density at radius 1 is 1.29 bits per heavy atom. The van der Waals surface area contributed by atoms with Crippen molar-refractivity contribution in [1.82, 2.24) is 10.3 Å². The van der Waals surface area contributed by atoms with Gasteiger partial charge in [0.1, 0.15) is 0 Å². The van der Waals surface area contributed by atoms with Gasteiger partial charge in [0.2, 0.25) is 5.88 Å². The Hall–Kier alpha value is -1.65. The molecule has 112 valence electrons. The van der Waals surface area contributed by atoms with Crippen LogP contribution in [0.5, 0.6) is 11.6 Å². The van der Waals surface area contributed by atoms with E-state index in [9.17, 15) is 4.39 Å². The van der Waals surface area contributed by atoms with Crippen molar-refractivity contribution in [3.05, 3.63) is 52.9 Å². The van der Waals surface area contributed by atoms with Gasteiger partial charge >= 0.3 is 0 Å². The average molecular weight is 309 g/mol. The third-order valence-electron chi connectivity index (χ3n) is 2.84. The molecular formula is C16H18ClFN2O. The lowest BCUT2D eigenvalue weighted by Gasteiger charge is -2.12. The maximum atomic E-state index is 13.9. The van der Waals surface area contributed by atoms with Crippen LogP contribution < -0.4 is 10.1 Å². The molecule has 0 aliphatic heterocycles. The summed E-state index contributed by atoms with van der Waals surface area (Å²) in [4.78, 5) is 4.17. The summed E-state index contributed by atoms with van der Waals surface area (Å²) >= 11 is 5.75.